The molecule has 0 aliphatic carbocycles. The molecule has 20 heavy (non-hydrogen) atoms. The molecule has 0 unspecified atom stereocenters. The van der Waals surface area contributed by atoms with Crippen molar-refractivity contribution in [1.82, 2.24) is 10.3 Å². The number of nitro benzene ring substituents is 1. The number of benzene rings is 1. The van der Waals surface area contributed by atoms with E-state index in [2.05, 4.69) is 15.2 Å². The van der Waals surface area contributed by atoms with Gasteiger partial charge in [-0.15, -0.1) is 0 Å². The highest BCUT2D eigenvalue weighted by Crippen LogP contribution is 2.27. The SMILES string of the molecule is CNC1CCN(c2nc3cc([N+](=O)[O-])ccc3o2)CC1. The molecule has 2 heterocycles. The van der Waals surface area contributed by atoms with Crippen LogP contribution < -0.4 is 10.2 Å². The van der Waals surface area contributed by atoms with Crippen molar-refractivity contribution in [3.8, 4) is 0 Å². The molecule has 0 radical (unpaired) electrons. The van der Waals surface area contributed by atoms with Gasteiger partial charge in [0.25, 0.3) is 11.7 Å². The number of fused-ring (bicyclic) bond motifs is 1. The van der Waals surface area contributed by atoms with Crippen molar-refractivity contribution < 1.29 is 9.34 Å². The fraction of sp³-hybridized carbons (Fsp3) is 0.462. The summed E-state index contributed by atoms with van der Waals surface area (Å²) in [5, 5.41) is 14.0. The first-order valence-electron chi connectivity index (χ1n) is 6.64. The number of hydrogen-bond acceptors (Lipinski definition) is 6. The van der Waals surface area contributed by atoms with Crippen molar-refractivity contribution in [2.45, 2.75) is 18.9 Å². The number of aromatic nitrogens is 1. The molecular weight excluding hydrogens is 260 g/mol. The van der Waals surface area contributed by atoms with Crippen LogP contribution in [0.4, 0.5) is 11.7 Å². The molecule has 7 heteroatoms. The van der Waals surface area contributed by atoms with E-state index in [-0.39, 0.29) is 5.69 Å². The van der Waals surface area contributed by atoms with E-state index in [0.29, 0.717) is 23.2 Å². The fourth-order valence-corrected chi connectivity index (χ4v) is 2.51. The van der Waals surface area contributed by atoms with Crippen LogP contribution in [0.1, 0.15) is 12.8 Å². The van der Waals surface area contributed by atoms with Crippen molar-refractivity contribution in [3.63, 3.8) is 0 Å². The molecule has 106 valence electrons. The van der Waals surface area contributed by atoms with E-state index in [4.69, 9.17) is 4.42 Å². The van der Waals surface area contributed by atoms with Crippen LogP contribution in [0.5, 0.6) is 0 Å². The van der Waals surface area contributed by atoms with Crippen molar-refractivity contribution >= 4 is 22.8 Å². The number of hydrogen-bond donors (Lipinski definition) is 1. The number of anilines is 1. The summed E-state index contributed by atoms with van der Waals surface area (Å²) in [6, 6.07) is 5.57. The van der Waals surface area contributed by atoms with Gasteiger partial charge >= 0.3 is 0 Å². The molecule has 1 N–H and O–H groups in total. The second-order valence-electron chi connectivity index (χ2n) is 4.96. The summed E-state index contributed by atoms with van der Waals surface area (Å²) < 4.78 is 5.68. The third kappa shape index (κ3) is 2.32. The van der Waals surface area contributed by atoms with E-state index in [1.165, 1.54) is 12.1 Å². The van der Waals surface area contributed by atoms with Gasteiger partial charge in [0.2, 0.25) is 0 Å². The van der Waals surface area contributed by atoms with Crippen molar-refractivity contribution in [2.24, 2.45) is 0 Å². The molecule has 7 nitrogen and oxygen atoms in total. The largest absolute Gasteiger partial charge is 0.423 e. The number of non-ortho nitro benzene ring substituents is 1. The number of oxazole rings is 1. The summed E-state index contributed by atoms with van der Waals surface area (Å²) in [4.78, 5) is 16.8. The summed E-state index contributed by atoms with van der Waals surface area (Å²) in [5.41, 5.74) is 1.15. The Kier molecular flexibility index (Phi) is 3.27. The Bertz CT molecular complexity index is 632. The van der Waals surface area contributed by atoms with Crippen molar-refractivity contribution in [3.05, 3.63) is 28.3 Å². The average Bonchev–Trinajstić information content (AvgIpc) is 2.90. The Balaban J connectivity index is 1.84. The molecule has 1 aliphatic rings. The van der Waals surface area contributed by atoms with Gasteiger partial charge in [0.05, 0.1) is 4.92 Å². The predicted molar refractivity (Wildman–Crippen MR) is 75.0 cm³/mol. The molecule has 3 rings (SSSR count). The smallest absolute Gasteiger partial charge is 0.298 e. The van der Waals surface area contributed by atoms with Gasteiger partial charge in [-0.2, -0.15) is 4.98 Å². The minimum Gasteiger partial charge on any atom is -0.423 e. The number of nitro groups is 1. The van der Waals surface area contributed by atoms with E-state index in [1.54, 1.807) is 6.07 Å². The molecule has 2 aromatic rings. The Labute approximate surface area is 115 Å². The number of rotatable bonds is 3. The zero-order valence-electron chi connectivity index (χ0n) is 11.2. The Morgan fingerprint density at radius 1 is 1.45 bits per heavy atom. The fourth-order valence-electron chi connectivity index (χ4n) is 2.51. The summed E-state index contributed by atoms with van der Waals surface area (Å²) in [7, 11) is 1.97. The maximum atomic E-state index is 10.8. The highest BCUT2D eigenvalue weighted by Gasteiger charge is 2.22. The Hall–Kier alpha value is -2.15. The topological polar surface area (TPSA) is 84.4 Å². The highest BCUT2D eigenvalue weighted by atomic mass is 16.6. The normalized spacial score (nSPS) is 16.8. The number of nitrogens with zero attached hydrogens (tertiary/aromatic N) is 3. The molecule has 1 saturated heterocycles. The summed E-state index contributed by atoms with van der Waals surface area (Å²) in [6.07, 6.45) is 2.07. The van der Waals surface area contributed by atoms with Crippen LogP contribution in [-0.2, 0) is 0 Å². The lowest BCUT2D eigenvalue weighted by Gasteiger charge is -2.30. The van der Waals surface area contributed by atoms with Crippen LogP contribution >= 0.6 is 0 Å². The Morgan fingerprint density at radius 2 is 2.20 bits per heavy atom. The minimum absolute atomic E-state index is 0.0336. The van der Waals surface area contributed by atoms with Crippen LogP contribution in [0.15, 0.2) is 22.6 Å². The zero-order valence-corrected chi connectivity index (χ0v) is 11.2. The maximum absolute atomic E-state index is 10.8. The van der Waals surface area contributed by atoms with Crippen LogP contribution in [0, 0.1) is 10.1 Å². The number of piperidine rings is 1. The quantitative estimate of drug-likeness (QED) is 0.681. The van der Waals surface area contributed by atoms with Gasteiger partial charge in [-0.25, -0.2) is 0 Å². The third-order valence-corrected chi connectivity index (χ3v) is 3.74. The summed E-state index contributed by atoms with van der Waals surface area (Å²) in [5.74, 6) is 0. The van der Waals surface area contributed by atoms with Gasteiger partial charge in [-0.3, -0.25) is 10.1 Å². The third-order valence-electron chi connectivity index (χ3n) is 3.74. The van der Waals surface area contributed by atoms with Gasteiger partial charge in [0.15, 0.2) is 5.58 Å². The molecule has 0 saturated carbocycles. The lowest BCUT2D eigenvalue weighted by atomic mass is 10.1. The van der Waals surface area contributed by atoms with Crippen LogP contribution in [-0.4, -0.2) is 36.1 Å². The van der Waals surface area contributed by atoms with Gasteiger partial charge in [0, 0.05) is 31.3 Å². The van der Waals surface area contributed by atoms with Crippen molar-refractivity contribution in [1.29, 1.82) is 0 Å². The monoisotopic (exact) mass is 276 g/mol. The van der Waals surface area contributed by atoms with Gasteiger partial charge in [-0.05, 0) is 26.0 Å². The van der Waals surface area contributed by atoms with E-state index in [0.717, 1.165) is 25.9 Å². The molecule has 1 aromatic heterocycles. The molecule has 1 fully saturated rings. The van der Waals surface area contributed by atoms with Gasteiger partial charge in [-0.1, -0.05) is 0 Å². The maximum Gasteiger partial charge on any atom is 0.298 e. The lowest BCUT2D eigenvalue weighted by molar-refractivity contribution is -0.384. The second-order valence-corrected chi connectivity index (χ2v) is 4.96. The van der Waals surface area contributed by atoms with E-state index in [9.17, 15) is 10.1 Å². The highest BCUT2D eigenvalue weighted by molar-refractivity contribution is 5.77. The first-order chi connectivity index (χ1) is 9.67. The van der Waals surface area contributed by atoms with Crippen LogP contribution in [0.25, 0.3) is 11.1 Å². The van der Waals surface area contributed by atoms with Gasteiger partial charge in [0.1, 0.15) is 5.52 Å². The molecule has 0 spiro atoms. The first-order valence-corrected chi connectivity index (χ1v) is 6.64. The molecule has 0 bridgehead atoms. The number of nitrogens with one attached hydrogen (secondary N) is 1. The summed E-state index contributed by atoms with van der Waals surface area (Å²) in [6.45, 7) is 1.75. The minimum atomic E-state index is -0.424. The predicted octanol–water partition coefficient (Wildman–Crippen LogP) is 1.92. The van der Waals surface area contributed by atoms with Crippen LogP contribution in [0.2, 0.25) is 0 Å². The zero-order chi connectivity index (χ0) is 14.1. The standard InChI is InChI=1S/C13H16N4O3/c1-14-9-4-6-16(7-5-9)13-15-11-8-10(17(18)19)2-3-12(11)20-13/h2-3,8-9,14H,4-7H2,1H3. The van der Waals surface area contributed by atoms with E-state index < -0.39 is 4.92 Å². The molecular formula is C13H16N4O3. The average molecular weight is 276 g/mol. The van der Waals surface area contributed by atoms with E-state index in [1.807, 2.05) is 7.05 Å². The first kappa shape index (κ1) is 12.9. The molecule has 0 amide bonds. The van der Waals surface area contributed by atoms with Gasteiger partial charge < -0.3 is 14.6 Å². The second kappa shape index (κ2) is 5.09. The Morgan fingerprint density at radius 3 is 2.85 bits per heavy atom. The molecule has 1 aromatic carbocycles. The van der Waals surface area contributed by atoms with E-state index >= 15 is 0 Å². The van der Waals surface area contributed by atoms with Crippen molar-refractivity contribution in [2.75, 3.05) is 25.0 Å². The van der Waals surface area contributed by atoms with Crippen LogP contribution in [0.3, 0.4) is 0 Å². The molecule has 0 atom stereocenters. The summed E-state index contributed by atoms with van der Waals surface area (Å²) >= 11 is 0. The molecule has 1 aliphatic heterocycles. The lowest BCUT2D eigenvalue weighted by Crippen LogP contribution is -2.41.